The van der Waals surface area contributed by atoms with Crippen LogP contribution in [0.5, 0.6) is 5.75 Å². The topological polar surface area (TPSA) is 33.3 Å². The predicted octanol–water partition coefficient (Wildman–Crippen LogP) is 5.38. The van der Waals surface area contributed by atoms with Gasteiger partial charge in [-0.15, -0.1) is 0 Å². The maximum atomic E-state index is 5.78. The predicted molar refractivity (Wildman–Crippen MR) is 108 cm³/mol. The molecule has 0 saturated heterocycles. The van der Waals surface area contributed by atoms with Gasteiger partial charge < -0.3 is 15.4 Å². The number of rotatable bonds is 5. The van der Waals surface area contributed by atoms with Crippen LogP contribution in [0.2, 0.25) is 0 Å². The number of ether oxygens (including phenoxy) is 1. The van der Waals surface area contributed by atoms with Crippen molar-refractivity contribution in [3.8, 4) is 5.75 Å². The maximum Gasteiger partial charge on any atom is 0.175 e. The molecule has 0 aliphatic heterocycles. The van der Waals surface area contributed by atoms with Gasteiger partial charge in [-0.3, -0.25) is 0 Å². The summed E-state index contributed by atoms with van der Waals surface area (Å²) in [5.74, 6) is 0.826. The van der Waals surface area contributed by atoms with Crippen molar-refractivity contribution in [2.75, 3.05) is 10.6 Å². The van der Waals surface area contributed by atoms with Crippen LogP contribution in [-0.2, 0) is 6.61 Å². The molecular weight excluding hydrogens is 328 g/mol. The number of hydrogen-bond acceptors (Lipinski definition) is 2. The zero-order chi connectivity index (χ0) is 17.5. The van der Waals surface area contributed by atoms with E-state index in [1.165, 1.54) is 5.56 Å². The van der Waals surface area contributed by atoms with Gasteiger partial charge in [0.15, 0.2) is 5.11 Å². The third-order valence-electron chi connectivity index (χ3n) is 3.67. The first-order valence-electron chi connectivity index (χ1n) is 8.10. The Morgan fingerprint density at radius 2 is 1.36 bits per heavy atom. The van der Waals surface area contributed by atoms with E-state index in [4.69, 9.17) is 17.0 Å². The Bertz CT molecular complexity index is 815. The van der Waals surface area contributed by atoms with Crippen LogP contribution < -0.4 is 15.4 Å². The molecule has 126 valence electrons. The first kappa shape index (κ1) is 17.0. The van der Waals surface area contributed by atoms with Gasteiger partial charge in [0.2, 0.25) is 0 Å². The summed E-state index contributed by atoms with van der Waals surface area (Å²) < 4.78 is 5.78. The molecule has 0 bridgehead atoms. The lowest BCUT2D eigenvalue weighted by Crippen LogP contribution is -2.18. The van der Waals surface area contributed by atoms with Crippen molar-refractivity contribution >= 4 is 28.7 Å². The van der Waals surface area contributed by atoms with Gasteiger partial charge >= 0.3 is 0 Å². The fourth-order valence-corrected chi connectivity index (χ4v) is 2.54. The molecule has 0 amide bonds. The number of nitrogens with one attached hydrogen (secondary N) is 2. The van der Waals surface area contributed by atoms with E-state index >= 15 is 0 Å². The SMILES string of the molecule is Cc1ccc(NC(=S)Nc2ccc(OCc3ccccc3)cc2)cc1. The highest BCUT2D eigenvalue weighted by molar-refractivity contribution is 7.80. The quantitative estimate of drug-likeness (QED) is 0.606. The van der Waals surface area contributed by atoms with Gasteiger partial charge in [-0.05, 0) is 61.1 Å². The monoisotopic (exact) mass is 348 g/mol. The molecule has 3 rings (SSSR count). The molecule has 2 N–H and O–H groups in total. The second-order valence-electron chi connectivity index (χ2n) is 5.74. The normalized spacial score (nSPS) is 10.1. The summed E-state index contributed by atoms with van der Waals surface area (Å²) in [7, 11) is 0. The van der Waals surface area contributed by atoms with Gasteiger partial charge in [-0.25, -0.2) is 0 Å². The van der Waals surface area contributed by atoms with Gasteiger partial charge in [0.05, 0.1) is 0 Å². The summed E-state index contributed by atoms with van der Waals surface area (Å²) in [6.45, 7) is 2.61. The minimum atomic E-state index is 0.557. The number of thiocarbonyl (C=S) groups is 1. The summed E-state index contributed by atoms with van der Waals surface area (Å²) in [6.07, 6.45) is 0. The lowest BCUT2D eigenvalue weighted by atomic mass is 10.2. The van der Waals surface area contributed by atoms with E-state index in [-0.39, 0.29) is 0 Å². The van der Waals surface area contributed by atoms with Crippen molar-refractivity contribution in [1.82, 2.24) is 0 Å². The fourth-order valence-electron chi connectivity index (χ4n) is 2.31. The van der Waals surface area contributed by atoms with Crippen LogP contribution >= 0.6 is 12.2 Å². The minimum absolute atomic E-state index is 0.557. The smallest absolute Gasteiger partial charge is 0.175 e. The summed E-state index contributed by atoms with van der Waals surface area (Å²) in [6, 6.07) is 26.0. The average molecular weight is 348 g/mol. The lowest BCUT2D eigenvalue weighted by molar-refractivity contribution is 0.306. The molecule has 4 heteroatoms. The number of hydrogen-bond donors (Lipinski definition) is 2. The zero-order valence-electron chi connectivity index (χ0n) is 14.0. The van der Waals surface area contributed by atoms with Crippen LogP contribution in [0.1, 0.15) is 11.1 Å². The van der Waals surface area contributed by atoms with Crippen LogP contribution in [-0.4, -0.2) is 5.11 Å². The summed E-state index contributed by atoms with van der Waals surface area (Å²) in [4.78, 5) is 0. The summed E-state index contributed by atoms with van der Waals surface area (Å²) in [5, 5.41) is 6.90. The van der Waals surface area contributed by atoms with E-state index < -0.39 is 0 Å². The van der Waals surface area contributed by atoms with Crippen LogP contribution in [0.25, 0.3) is 0 Å². The van der Waals surface area contributed by atoms with Crippen molar-refractivity contribution in [3.63, 3.8) is 0 Å². The van der Waals surface area contributed by atoms with Crippen molar-refractivity contribution in [2.24, 2.45) is 0 Å². The molecule has 0 aliphatic rings. The summed E-state index contributed by atoms with van der Waals surface area (Å²) >= 11 is 5.35. The van der Waals surface area contributed by atoms with Crippen LogP contribution in [0.4, 0.5) is 11.4 Å². The number of aryl methyl sites for hydroxylation is 1. The van der Waals surface area contributed by atoms with Gasteiger partial charge in [-0.1, -0.05) is 48.0 Å². The second-order valence-corrected chi connectivity index (χ2v) is 6.15. The van der Waals surface area contributed by atoms with Crippen LogP contribution in [0.3, 0.4) is 0 Å². The van der Waals surface area contributed by atoms with E-state index in [0.29, 0.717) is 11.7 Å². The molecule has 0 heterocycles. The Balaban J connectivity index is 1.51. The number of anilines is 2. The largest absolute Gasteiger partial charge is 0.489 e. The molecule has 3 aromatic rings. The fraction of sp³-hybridized carbons (Fsp3) is 0.0952. The Morgan fingerprint density at radius 3 is 1.96 bits per heavy atom. The molecule has 25 heavy (non-hydrogen) atoms. The molecule has 0 aromatic heterocycles. The molecule has 3 nitrogen and oxygen atoms in total. The third-order valence-corrected chi connectivity index (χ3v) is 3.87. The molecule has 0 aliphatic carbocycles. The standard InChI is InChI=1S/C21H20N2OS/c1-16-7-9-18(10-8-16)22-21(25)23-19-11-13-20(14-12-19)24-15-17-5-3-2-4-6-17/h2-14H,15H2,1H3,(H2,22,23,25). The molecule has 0 saturated carbocycles. The van der Waals surface area contributed by atoms with Crippen molar-refractivity contribution in [2.45, 2.75) is 13.5 Å². The molecule has 0 radical (unpaired) electrons. The van der Waals surface area contributed by atoms with E-state index in [1.807, 2.05) is 78.9 Å². The molecule has 0 atom stereocenters. The average Bonchev–Trinajstić information content (AvgIpc) is 2.64. The highest BCUT2D eigenvalue weighted by Crippen LogP contribution is 2.17. The Kier molecular flexibility index (Phi) is 5.65. The third kappa shape index (κ3) is 5.33. The van der Waals surface area contributed by atoms with Gasteiger partial charge in [0.1, 0.15) is 12.4 Å². The van der Waals surface area contributed by atoms with E-state index in [9.17, 15) is 0 Å². The Hall–Kier alpha value is -2.85. The number of benzene rings is 3. The molecule has 0 fully saturated rings. The molecule has 0 spiro atoms. The lowest BCUT2D eigenvalue weighted by Gasteiger charge is -2.12. The van der Waals surface area contributed by atoms with E-state index in [1.54, 1.807) is 0 Å². The van der Waals surface area contributed by atoms with Gasteiger partial charge in [0, 0.05) is 11.4 Å². The minimum Gasteiger partial charge on any atom is -0.489 e. The molecule has 3 aromatic carbocycles. The summed E-state index contributed by atoms with van der Waals surface area (Å²) in [5.41, 5.74) is 4.24. The van der Waals surface area contributed by atoms with Crippen molar-refractivity contribution in [3.05, 3.63) is 90.0 Å². The first-order valence-corrected chi connectivity index (χ1v) is 8.51. The first-order chi connectivity index (χ1) is 12.2. The van der Waals surface area contributed by atoms with Gasteiger partial charge in [0.25, 0.3) is 0 Å². The van der Waals surface area contributed by atoms with E-state index in [2.05, 4.69) is 17.6 Å². The Labute approximate surface area is 153 Å². The maximum absolute atomic E-state index is 5.78. The molecular formula is C21H20N2OS. The van der Waals surface area contributed by atoms with Crippen molar-refractivity contribution < 1.29 is 4.74 Å². The Morgan fingerprint density at radius 1 is 0.800 bits per heavy atom. The van der Waals surface area contributed by atoms with Crippen LogP contribution in [0, 0.1) is 6.92 Å². The van der Waals surface area contributed by atoms with Gasteiger partial charge in [-0.2, -0.15) is 0 Å². The highest BCUT2D eigenvalue weighted by atomic mass is 32.1. The van der Waals surface area contributed by atoms with E-state index in [0.717, 1.165) is 22.7 Å². The second kappa shape index (κ2) is 8.31. The highest BCUT2D eigenvalue weighted by Gasteiger charge is 2.00. The van der Waals surface area contributed by atoms with Crippen molar-refractivity contribution in [1.29, 1.82) is 0 Å². The van der Waals surface area contributed by atoms with Crippen LogP contribution in [0.15, 0.2) is 78.9 Å². The zero-order valence-corrected chi connectivity index (χ0v) is 14.8. The molecule has 0 unspecified atom stereocenters.